The summed E-state index contributed by atoms with van der Waals surface area (Å²) in [5.41, 5.74) is -0.325. The quantitative estimate of drug-likeness (QED) is 0.835. The molecular formula is C10H8ClF2NO2. The third kappa shape index (κ3) is 3.27. The lowest BCUT2D eigenvalue weighted by atomic mass is 10.2. The first-order valence-corrected chi connectivity index (χ1v) is 4.71. The zero-order valence-corrected chi connectivity index (χ0v) is 9.07. The molecule has 1 aromatic carbocycles. The second kappa shape index (κ2) is 5.03. The molecule has 0 bridgehead atoms. The van der Waals surface area contributed by atoms with Gasteiger partial charge in [-0.2, -0.15) is 0 Å². The molecule has 0 heterocycles. The predicted molar refractivity (Wildman–Crippen MR) is 55.3 cm³/mol. The average molecular weight is 248 g/mol. The Labute approximate surface area is 95.4 Å². The Morgan fingerprint density at radius 3 is 2.50 bits per heavy atom. The first-order chi connectivity index (χ1) is 7.40. The van der Waals surface area contributed by atoms with E-state index in [1.165, 1.54) is 6.92 Å². The fourth-order valence-electron chi connectivity index (χ4n) is 1.07. The van der Waals surface area contributed by atoms with Gasteiger partial charge in [-0.05, 0) is 13.0 Å². The lowest BCUT2D eigenvalue weighted by Gasteiger charge is -2.07. The molecule has 86 valence electrons. The Balaban J connectivity index is 2.89. The molecule has 0 spiro atoms. The van der Waals surface area contributed by atoms with Crippen molar-refractivity contribution in [2.24, 2.45) is 0 Å². The van der Waals surface area contributed by atoms with Gasteiger partial charge in [-0.25, -0.2) is 8.78 Å². The van der Waals surface area contributed by atoms with Crippen molar-refractivity contribution in [3.8, 4) is 0 Å². The number of amides is 1. The molecule has 0 aliphatic heterocycles. The molecule has 0 atom stereocenters. The van der Waals surface area contributed by atoms with Crippen LogP contribution in [0.2, 0.25) is 5.02 Å². The summed E-state index contributed by atoms with van der Waals surface area (Å²) in [6.07, 6.45) is -0.382. The lowest BCUT2D eigenvalue weighted by Crippen LogP contribution is -2.16. The Hall–Kier alpha value is -1.49. The number of ketones is 1. The zero-order chi connectivity index (χ0) is 12.3. The van der Waals surface area contributed by atoms with Gasteiger partial charge >= 0.3 is 0 Å². The van der Waals surface area contributed by atoms with E-state index in [0.717, 1.165) is 6.07 Å². The second-order valence-corrected chi connectivity index (χ2v) is 3.58. The van der Waals surface area contributed by atoms with Crippen molar-refractivity contribution in [1.82, 2.24) is 0 Å². The molecule has 1 N–H and O–H groups in total. The van der Waals surface area contributed by atoms with E-state index in [0.29, 0.717) is 6.07 Å². The van der Waals surface area contributed by atoms with Gasteiger partial charge in [-0.3, -0.25) is 9.59 Å². The summed E-state index contributed by atoms with van der Waals surface area (Å²) in [6.45, 7) is 1.22. The number of rotatable bonds is 3. The van der Waals surface area contributed by atoms with Crippen LogP contribution in [-0.4, -0.2) is 11.7 Å². The number of nitrogens with one attached hydrogen (secondary N) is 1. The highest BCUT2D eigenvalue weighted by atomic mass is 35.5. The maximum Gasteiger partial charge on any atom is 0.231 e. The van der Waals surface area contributed by atoms with Crippen molar-refractivity contribution in [3.63, 3.8) is 0 Å². The molecular weight excluding hydrogens is 240 g/mol. The number of halogens is 3. The first-order valence-electron chi connectivity index (χ1n) is 4.34. The van der Waals surface area contributed by atoms with Gasteiger partial charge in [0.05, 0.1) is 17.1 Å². The van der Waals surface area contributed by atoms with E-state index in [1.807, 2.05) is 0 Å². The summed E-state index contributed by atoms with van der Waals surface area (Å²) in [5, 5.41) is 1.85. The van der Waals surface area contributed by atoms with Crippen molar-refractivity contribution in [2.75, 3.05) is 5.32 Å². The molecule has 1 aromatic rings. The zero-order valence-electron chi connectivity index (χ0n) is 8.31. The molecule has 0 unspecified atom stereocenters. The van der Waals surface area contributed by atoms with Gasteiger partial charge in [-0.1, -0.05) is 11.6 Å². The number of benzene rings is 1. The van der Waals surface area contributed by atoms with Crippen molar-refractivity contribution < 1.29 is 18.4 Å². The summed E-state index contributed by atoms with van der Waals surface area (Å²) < 4.78 is 25.8. The van der Waals surface area contributed by atoms with Crippen molar-refractivity contribution in [2.45, 2.75) is 13.3 Å². The van der Waals surface area contributed by atoms with E-state index < -0.39 is 17.5 Å². The van der Waals surface area contributed by atoms with Gasteiger partial charge in [-0.15, -0.1) is 0 Å². The van der Waals surface area contributed by atoms with Gasteiger partial charge < -0.3 is 5.32 Å². The molecule has 3 nitrogen and oxygen atoms in total. The fraction of sp³-hybridized carbons (Fsp3) is 0.200. The van der Waals surface area contributed by atoms with Crippen molar-refractivity contribution in [3.05, 3.63) is 28.8 Å². The minimum Gasteiger partial charge on any atom is -0.322 e. The molecule has 16 heavy (non-hydrogen) atoms. The van der Waals surface area contributed by atoms with Crippen LogP contribution in [-0.2, 0) is 9.59 Å². The van der Waals surface area contributed by atoms with Gasteiger partial charge in [0.1, 0.15) is 11.6 Å². The number of carbonyl (C=O) groups is 2. The molecule has 0 fully saturated rings. The van der Waals surface area contributed by atoms with Crippen LogP contribution in [0.1, 0.15) is 13.3 Å². The van der Waals surface area contributed by atoms with E-state index in [1.54, 1.807) is 0 Å². The largest absolute Gasteiger partial charge is 0.322 e. The third-order valence-corrected chi connectivity index (χ3v) is 1.98. The molecule has 0 aromatic heterocycles. The topological polar surface area (TPSA) is 46.2 Å². The van der Waals surface area contributed by atoms with Crippen molar-refractivity contribution in [1.29, 1.82) is 0 Å². The smallest absolute Gasteiger partial charge is 0.231 e. The highest BCUT2D eigenvalue weighted by Gasteiger charge is 2.13. The van der Waals surface area contributed by atoms with E-state index in [9.17, 15) is 18.4 Å². The Kier molecular flexibility index (Phi) is 3.95. The minimum absolute atomic E-state index is 0.255. The normalized spacial score (nSPS) is 10.0. The molecule has 6 heteroatoms. The summed E-state index contributed by atoms with van der Waals surface area (Å²) in [7, 11) is 0. The van der Waals surface area contributed by atoms with Crippen molar-refractivity contribution >= 4 is 29.0 Å². The SMILES string of the molecule is CC(=O)CC(=O)Nc1c(F)cc(F)cc1Cl. The number of hydrogen-bond donors (Lipinski definition) is 1. The molecule has 0 radical (unpaired) electrons. The van der Waals surface area contributed by atoms with E-state index in [-0.39, 0.29) is 22.9 Å². The van der Waals surface area contributed by atoms with Crippen LogP contribution < -0.4 is 5.32 Å². The summed E-state index contributed by atoms with van der Waals surface area (Å²) in [6, 6.07) is 1.46. The van der Waals surface area contributed by atoms with Crippen LogP contribution >= 0.6 is 11.6 Å². The molecule has 0 saturated heterocycles. The van der Waals surface area contributed by atoms with Crippen LogP contribution in [0.4, 0.5) is 14.5 Å². The third-order valence-electron chi connectivity index (χ3n) is 1.68. The number of anilines is 1. The highest BCUT2D eigenvalue weighted by molar-refractivity contribution is 6.33. The summed E-state index contributed by atoms with van der Waals surface area (Å²) in [5.74, 6) is -2.88. The van der Waals surface area contributed by atoms with Crippen LogP contribution in [0.5, 0.6) is 0 Å². The lowest BCUT2D eigenvalue weighted by molar-refractivity contribution is -0.124. The Bertz CT molecular complexity index is 425. The van der Waals surface area contributed by atoms with Crippen LogP contribution in [0.25, 0.3) is 0 Å². The Morgan fingerprint density at radius 2 is 2.00 bits per heavy atom. The van der Waals surface area contributed by atoms with Gasteiger partial charge in [0, 0.05) is 6.07 Å². The van der Waals surface area contributed by atoms with E-state index in [4.69, 9.17) is 11.6 Å². The number of carbonyl (C=O) groups excluding carboxylic acids is 2. The summed E-state index contributed by atoms with van der Waals surface area (Å²) >= 11 is 5.54. The molecule has 0 aliphatic carbocycles. The van der Waals surface area contributed by atoms with E-state index >= 15 is 0 Å². The van der Waals surface area contributed by atoms with Crippen LogP contribution in [0, 0.1) is 11.6 Å². The fourth-order valence-corrected chi connectivity index (χ4v) is 1.31. The standard InChI is InChI=1S/C10H8ClF2NO2/c1-5(15)2-9(16)14-10-7(11)3-6(12)4-8(10)13/h3-4H,2H2,1H3,(H,14,16). The van der Waals surface area contributed by atoms with E-state index in [2.05, 4.69) is 5.32 Å². The first kappa shape index (κ1) is 12.6. The predicted octanol–water partition coefficient (Wildman–Crippen LogP) is 2.54. The maximum atomic E-state index is 13.2. The van der Waals surface area contributed by atoms with Gasteiger partial charge in [0.2, 0.25) is 5.91 Å². The molecule has 1 rings (SSSR count). The average Bonchev–Trinajstić information content (AvgIpc) is 2.09. The van der Waals surface area contributed by atoms with Crippen LogP contribution in [0.15, 0.2) is 12.1 Å². The maximum absolute atomic E-state index is 13.2. The van der Waals surface area contributed by atoms with Gasteiger partial charge in [0.25, 0.3) is 0 Å². The Morgan fingerprint density at radius 1 is 1.38 bits per heavy atom. The molecule has 0 aliphatic rings. The minimum atomic E-state index is -0.984. The van der Waals surface area contributed by atoms with Gasteiger partial charge in [0.15, 0.2) is 5.82 Å². The number of hydrogen-bond acceptors (Lipinski definition) is 2. The monoisotopic (exact) mass is 247 g/mol. The molecule has 0 saturated carbocycles. The number of Topliss-reactive ketones (excluding diaryl/α,β-unsaturated/α-hetero) is 1. The summed E-state index contributed by atoms with van der Waals surface area (Å²) in [4.78, 5) is 21.8. The highest BCUT2D eigenvalue weighted by Crippen LogP contribution is 2.26. The van der Waals surface area contributed by atoms with Crippen LogP contribution in [0.3, 0.4) is 0 Å². The molecule has 1 amide bonds. The second-order valence-electron chi connectivity index (χ2n) is 3.17.